The molecule has 4 nitrogen and oxygen atoms in total. The van der Waals surface area contributed by atoms with Crippen molar-refractivity contribution in [3.63, 3.8) is 0 Å². The molecule has 1 rings (SSSR count). The van der Waals surface area contributed by atoms with Gasteiger partial charge in [-0.15, -0.1) is 0 Å². The number of nitrogens with zero attached hydrogens (tertiary/aromatic N) is 1. The summed E-state index contributed by atoms with van der Waals surface area (Å²) >= 11 is 0. The van der Waals surface area contributed by atoms with E-state index in [0.29, 0.717) is 0 Å². The molecule has 0 aromatic heterocycles. The van der Waals surface area contributed by atoms with Crippen LogP contribution in [-0.2, 0) is 19.8 Å². The monoisotopic (exact) mass is 333 g/mol. The highest BCUT2D eigenvalue weighted by molar-refractivity contribution is 6.62. The molecule has 0 heterocycles. The lowest BCUT2D eigenvalue weighted by molar-refractivity contribution is -0.919. The van der Waals surface area contributed by atoms with E-state index in [2.05, 4.69) is 45.3 Å². The molecule has 1 atom stereocenters. The third kappa shape index (κ3) is 4.77. The molecule has 0 bridgehead atoms. The second-order valence-corrected chi connectivity index (χ2v) is 8.66. The summed E-state index contributed by atoms with van der Waals surface area (Å²) in [5.74, 6) is 0. The van der Waals surface area contributed by atoms with Crippen LogP contribution in [0.4, 0.5) is 0 Å². The first kappa shape index (κ1) is 20.6. The third-order valence-corrected chi connectivity index (χ3v) is 7.56. The van der Waals surface area contributed by atoms with Gasteiger partial charge in [0.1, 0.15) is 6.54 Å². The van der Waals surface area contributed by atoms with Gasteiger partial charge in [0.05, 0.1) is 14.1 Å². The zero-order valence-electron chi connectivity index (χ0n) is 13.9. The van der Waals surface area contributed by atoms with Gasteiger partial charge < -0.3 is 30.2 Å². The summed E-state index contributed by atoms with van der Waals surface area (Å²) in [7, 11) is 6.81. The van der Waals surface area contributed by atoms with Crippen LogP contribution < -0.4 is 12.4 Å². The quantitative estimate of drug-likeness (QED) is 0.472. The van der Waals surface area contributed by atoms with Crippen LogP contribution in [-0.4, -0.2) is 54.4 Å². The Labute approximate surface area is 136 Å². The smallest absolute Gasteiger partial charge is 0.561 e. The molecule has 0 radical (unpaired) electrons. The summed E-state index contributed by atoms with van der Waals surface area (Å²) in [6, 6.07) is 10.5. The van der Waals surface area contributed by atoms with Gasteiger partial charge in [0.15, 0.2) is 5.67 Å². The molecule has 0 spiro atoms. The standard InChI is InChI=1S/C15H28NO3Si.ClH/c1-7-15(20(17-4,18-5)19-6)16(2,3)13-14-11-9-8-10-12-14;/h8-12,15H,7,13H2,1-6H3;1H/q+1;/p-1. The van der Waals surface area contributed by atoms with Crippen molar-refractivity contribution in [2.45, 2.75) is 25.6 Å². The fourth-order valence-corrected chi connectivity index (χ4v) is 5.76. The maximum absolute atomic E-state index is 5.69. The first-order valence-corrected chi connectivity index (χ1v) is 8.78. The molecule has 0 amide bonds. The average molecular weight is 334 g/mol. The first-order valence-electron chi connectivity index (χ1n) is 6.97. The average Bonchev–Trinajstić information content (AvgIpc) is 2.45. The first-order chi connectivity index (χ1) is 9.45. The highest BCUT2D eigenvalue weighted by atomic mass is 35.5. The van der Waals surface area contributed by atoms with E-state index in [1.807, 2.05) is 6.07 Å². The van der Waals surface area contributed by atoms with Crippen LogP contribution in [0.5, 0.6) is 0 Å². The summed E-state index contributed by atoms with van der Waals surface area (Å²) in [5.41, 5.74) is 1.50. The van der Waals surface area contributed by atoms with Gasteiger partial charge in [-0.2, -0.15) is 0 Å². The molecule has 0 fully saturated rings. The van der Waals surface area contributed by atoms with Crippen LogP contribution in [0, 0.1) is 0 Å². The number of hydrogen-bond acceptors (Lipinski definition) is 3. The molecule has 0 aliphatic heterocycles. The fraction of sp³-hybridized carbons (Fsp3) is 0.600. The SMILES string of the molecule is CCC([N+](C)(C)Cc1ccccc1)[Si](OC)(OC)OC.[Cl-]. The predicted octanol–water partition coefficient (Wildman–Crippen LogP) is -0.537. The Morgan fingerprint density at radius 2 is 1.48 bits per heavy atom. The molecule has 6 heteroatoms. The Kier molecular flexibility index (Phi) is 8.69. The Morgan fingerprint density at radius 1 is 1.00 bits per heavy atom. The molecule has 1 aromatic rings. The molecule has 0 aliphatic carbocycles. The van der Waals surface area contributed by atoms with Gasteiger partial charge in [-0.3, -0.25) is 0 Å². The molecule has 0 aliphatic rings. The molecular weight excluding hydrogens is 306 g/mol. The van der Waals surface area contributed by atoms with Gasteiger partial charge in [-0.05, 0) is 0 Å². The summed E-state index contributed by atoms with van der Waals surface area (Å²) in [6.07, 6.45) is 0.946. The molecule has 0 N–H and O–H groups in total. The van der Waals surface area contributed by atoms with Crippen LogP contribution in [0.25, 0.3) is 0 Å². The lowest BCUT2D eigenvalue weighted by Gasteiger charge is -2.43. The number of benzene rings is 1. The molecular formula is C15H28ClNO3Si. The van der Waals surface area contributed by atoms with E-state index >= 15 is 0 Å². The summed E-state index contributed by atoms with van der Waals surface area (Å²) in [5, 5.41) is 0. The van der Waals surface area contributed by atoms with Crippen molar-refractivity contribution < 1.29 is 30.2 Å². The number of hydrogen-bond donors (Lipinski definition) is 0. The highest BCUT2D eigenvalue weighted by Crippen LogP contribution is 2.26. The van der Waals surface area contributed by atoms with Crippen LogP contribution >= 0.6 is 0 Å². The molecule has 21 heavy (non-hydrogen) atoms. The van der Waals surface area contributed by atoms with Crippen molar-refractivity contribution >= 4 is 8.80 Å². The Bertz CT molecular complexity index is 391. The maximum Gasteiger partial charge on any atom is 0.561 e. The second kappa shape index (κ2) is 8.88. The minimum Gasteiger partial charge on any atom is -1.00 e. The third-order valence-electron chi connectivity index (χ3n) is 3.93. The number of rotatable bonds is 8. The number of quaternary nitrogens is 1. The molecule has 0 saturated heterocycles. The summed E-state index contributed by atoms with van der Waals surface area (Å²) < 4.78 is 17.9. The molecule has 122 valence electrons. The van der Waals surface area contributed by atoms with Gasteiger partial charge in [-0.1, -0.05) is 37.3 Å². The number of halogens is 1. The summed E-state index contributed by atoms with van der Waals surface area (Å²) in [6.45, 7) is 3.08. The van der Waals surface area contributed by atoms with Crippen molar-refractivity contribution in [1.29, 1.82) is 0 Å². The second-order valence-electron chi connectivity index (χ2n) is 5.56. The predicted molar refractivity (Wildman–Crippen MR) is 83.1 cm³/mol. The van der Waals surface area contributed by atoms with Crippen molar-refractivity contribution in [1.82, 2.24) is 0 Å². The summed E-state index contributed by atoms with van der Waals surface area (Å²) in [4.78, 5) is 0. The van der Waals surface area contributed by atoms with Crippen molar-refractivity contribution in [2.24, 2.45) is 0 Å². The lowest BCUT2D eigenvalue weighted by Crippen LogP contribution is -3.00. The highest BCUT2D eigenvalue weighted by Gasteiger charge is 2.55. The minimum atomic E-state index is -2.66. The zero-order valence-corrected chi connectivity index (χ0v) is 15.7. The van der Waals surface area contributed by atoms with E-state index in [0.717, 1.165) is 17.4 Å². The van der Waals surface area contributed by atoms with Gasteiger partial charge in [0, 0.05) is 33.3 Å². The normalized spacial score (nSPS) is 13.6. The van der Waals surface area contributed by atoms with Gasteiger partial charge in [0.25, 0.3) is 0 Å². The molecule has 1 unspecified atom stereocenters. The van der Waals surface area contributed by atoms with Crippen molar-refractivity contribution in [3.05, 3.63) is 35.9 Å². The Morgan fingerprint density at radius 3 is 1.86 bits per heavy atom. The van der Waals surface area contributed by atoms with Crippen molar-refractivity contribution in [2.75, 3.05) is 35.4 Å². The topological polar surface area (TPSA) is 27.7 Å². The maximum atomic E-state index is 5.69. The van der Waals surface area contributed by atoms with E-state index in [1.54, 1.807) is 21.3 Å². The van der Waals surface area contributed by atoms with E-state index in [1.165, 1.54) is 5.56 Å². The largest absolute Gasteiger partial charge is 1.00 e. The van der Waals surface area contributed by atoms with Gasteiger partial charge >= 0.3 is 8.80 Å². The zero-order chi connectivity index (χ0) is 15.2. The van der Waals surface area contributed by atoms with E-state index < -0.39 is 8.80 Å². The van der Waals surface area contributed by atoms with Crippen LogP contribution in [0.2, 0.25) is 0 Å². The Hall–Kier alpha value is -0.433. The van der Waals surface area contributed by atoms with Crippen LogP contribution in [0.1, 0.15) is 18.9 Å². The fourth-order valence-electron chi connectivity index (χ4n) is 2.99. The van der Waals surface area contributed by atoms with E-state index in [-0.39, 0.29) is 18.1 Å². The molecule has 1 aromatic carbocycles. The lowest BCUT2D eigenvalue weighted by atomic mass is 10.2. The Balaban J connectivity index is 0.00000400. The van der Waals surface area contributed by atoms with E-state index in [9.17, 15) is 0 Å². The van der Waals surface area contributed by atoms with E-state index in [4.69, 9.17) is 13.3 Å². The van der Waals surface area contributed by atoms with Crippen LogP contribution in [0.3, 0.4) is 0 Å². The minimum absolute atomic E-state index is 0. The van der Waals surface area contributed by atoms with Gasteiger partial charge in [0.2, 0.25) is 0 Å². The van der Waals surface area contributed by atoms with Gasteiger partial charge in [-0.25, -0.2) is 0 Å². The molecule has 0 saturated carbocycles. The van der Waals surface area contributed by atoms with Crippen molar-refractivity contribution in [3.8, 4) is 0 Å². The van der Waals surface area contributed by atoms with Crippen LogP contribution in [0.15, 0.2) is 30.3 Å².